The van der Waals surface area contributed by atoms with Gasteiger partial charge in [0.1, 0.15) is 0 Å². The van der Waals surface area contributed by atoms with Crippen molar-refractivity contribution in [3.8, 4) is 0 Å². The molecule has 0 bridgehead atoms. The van der Waals surface area contributed by atoms with Crippen molar-refractivity contribution in [2.45, 2.75) is 34.4 Å². The van der Waals surface area contributed by atoms with E-state index in [4.69, 9.17) is 0 Å². The van der Waals surface area contributed by atoms with Crippen LogP contribution in [0.15, 0.2) is 57.2 Å². The van der Waals surface area contributed by atoms with E-state index in [0.717, 1.165) is 11.0 Å². The minimum Gasteiger partial charge on any atom is -0.230 e. The quantitative estimate of drug-likeness (QED) is 0.210. The minimum absolute atomic E-state index is 1.13. The van der Waals surface area contributed by atoms with Gasteiger partial charge < -0.3 is 0 Å². The van der Waals surface area contributed by atoms with Gasteiger partial charge in [-0.05, 0) is 37.1 Å². The number of aromatic nitrogens is 2. The Morgan fingerprint density at radius 3 is 1.54 bits per heavy atom. The highest BCUT2D eigenvalue weighted by Gasteiger charge is 2.04. The summed E-state index contributed by atoms with van der Waals surface area (Å²) >= 11 is 7.43. The zero-order valence-corrected chi connectivity index (χ0v) is 17.7. The van der Waals surface area contributed by atoms with Crippen molar-refractivity contribution in [3.63, 3.8) is 0 Å². The molecule has 2 aromatic heterocycles. The topological polar surface area (TPSA) is 25.8 Å². The fourth-order valence-electron chi connectivity index (χ4n) is 2.70. The second-order valence-electron chi connectivity index (χ2n) is 6.01. The molecule has 26 heavy (non-hydrogen) atoms. The zero-order chi connectivity index (χ0) is 17.6. The molecular weight excluding hydrogens is 397 g/mol. The van der Waals surface area contributed by atoms with E-state index in [9.17, 15) is 0 Å². The number of fused-ring (bicyclic) bond motifs is 2. The molecule has 2 heterocycles. The van der Waals surface area contributed by atoms with Crippen LogP contribution in [0.1, 0.15) is 25.7 Å². The Kier molecular flexibility index (Phi) is 6.49. The summed E-state index contributed by atoms with van der Waals surface area (Å²) in [4.78, 5) is 9.37. The lowest BCUT2D eigenvalue weighted by Gasteiger charge is -2.00. The summed E-state index contributed by atoms with van der Waals surface area (Å²) in [7, 11) is 0. The summed E-state index contributed by atoms with van der Waals surface area (Å²) in [5.74, 6) is 2.34. The molecule has 6 heteroatoms. The largest absolute Gasteiger partial charge is 0.230 e. The molecule has 4 rings (SSSR count). The molecule has 0 aliphatic rings. The first kappa shape index (κ1) is 18.3. The Bertz CT molecular complexity index is 830. The molecule has 0 spiro atoms. The van der Waals surface area contributed by atoms with E-state index >= 15 is 0 Å². The molecule has 0 saturated heterocycles. The number of hydrogen-bond acceptors (Lipinski definition) is 6. The number of thioether (sulfide) groups is 2. The molecule has 0 saturated carbocycles. The third kappa shape index (κ3) is 4.80. The highest BCUT2D eigenvalue weighted by Crippen LogP contribution is 2.31. The summed E-state index contributed by atoms with van der Waals surface area (Å²) in [6, 6.07) is 16.8. The van der Waals surface area contributed by atoms with Gasteiger partial charge in [-0.1, -0.05) is 60.6 Å². The SMILES string of the molecule is c1ccc2sc(SCCCCCCSc3nc4ccccc4s3)nc2c1. The van der Waals surface area contributed by atoms with Crippen LogP contribution in [0.2, 0.25) is 0 Å². The summed E-state index contributed by atoms with van der Waals surface area (Å²) in [5, 5.41) is 0. The van der Waals surface area contributed by atoms with Gasteiger partial charge >= 0.3 is 0 Å². The number of nitrogens with zero attached hydrogens (tertiary/aromatic N) is 2. The normalized spacial score (nSPS) is 11.5. The average molecular weight is 417 g/mol. The Balaban J connectivity index is 1.10. The molecular formula is C20H20N2S4. The molecule has 2 aromatic carbocycles. The van der Waals surface area contributed by atoms with Crippen LogP contribution in [0.3, 0.4) is 0 Å². The predicted molar refractivity (Wildman–Crippen MR) is 119 cm³/mol. The minimum atomic E-state index is 1.13. The predicted octanol–water partition coefficient (Wildman–Crippen LogP) is 7.35. The summed E-state index contributed by atoms with van der Waals surface area (Å²) in [5.41, 5.74) is 2.26. The van der Waals surface area contributed by atoms with Crippen LogP contribution < -0.4 is 0 Å². The average Bonchev–Trinajstić information content (AvgIpc) is 3.26. The molecule has 4 aromatic rings. The molecule has 0 aliphatic carbocycles. The number of para-hydroxylation sites is 2. The first-order valence-corrected chi connectivity index (χ1v) is 12.5. The van der Waals surface area contributed by atoms with Crippen molar-refractivity contribution in [1.29, 1.82) is 0 Å². The van der Waals surface area contributed by atoms with Gasteiger partial charge in [0.15, 0.2) is 8.68 Å². The maximum atomic E-state index is 4.68. The standard InChI is InChI=1S/C20H20N2S4/c1(7-13-23-19-21-15-9-3-5-11-17(15)25-19)2-8-14-24-20-22-16-10-4-6-12-18(16)26-20/h3-6,9-12H,1-2,7-8,13-14H2. The van der Waals surface area contributed by atoms with Gasteiger partial charge in [-0.2, -0.15) is 0 Å². The Morgan fingerprint density at radius 2 is 1.08 bits per heavy atom. The maximum Gasteiger partial charge on any atom is 0.151 e. The van der Waals surface area contributed by atoms with Crippen LogP contribution in [-0.2, 0) is 0 Å². The third-order valence-corrected chi connectivity index (χ3v) is 8.57. The molecule has 0 unspecified atom stereocenters. The third-order valence-electron chi connectivity index (χ3n) is 4.04. The monoisotopic (exact) mass is 416 g/mol. The van der Waals surface area contributed by atoms with Crippen LogP contribution in [0.25, 0.3) is 20.4 Å². The summed E-state index contributed by atoms with van der Waals surface area (Å²) in [6.45, 7) is 0. The molecule has 0 aliphatic heterocycles. The smallest absolute Gasteiger partial charge is 0.151 e. The molecule has 0 amide bonds. The van der Waals surface area contributed by atoms with Gasteiger partial charge in [0.05, 0.1) is 20.4 Å². The van der Waals surface area contributed by atoms with Gasteiger partial charge in [0.2, 0.25) is 0 Å². The number of thiazole rings is 2. The Labute approximate surface area is 170 Å². The van der Waals surface area contributed by atoms with E-state index in [-0.39, 0.29) is 0 Å². The number of benzene rings is 2. The second-order valence-corrected chi connectivity index (χ2v) is 10.8. The highest BCUT2D eigenvalue weighted by molar-refractivity contribution is 8.01. The fraction of sp³-hybridized carbons (Fsp3) is 0.300. The molecule has 134 valence electrons. The van der Waals surface area contributed by atoms with Crippen molar-refractivity contribution in [2.24, 2.45) is 0 Å². The van der Waals surface area contributed by atoms with Gasteiger partial charge in [0.25, 0.3) is 0 Å². The summed E-state index contributed by atoms with van der Waals surface area (Å²) in [6.07, 6.45) is 5.15. The molecule has 2 nitrogen and oxygen atoms in total. The van der Waals surface area contributed by atoms with Crippen molar-refractivity contribution in [3.05, 3.63) is 48.5 Å². The number of rotatable bonds is 9. The van der Waals surface area contributed by atoms with Crippen molar-refractivity contribution in [1.82, 2.24) is 9.97 Å². The van der Waals surface area contributed by atoms with Gasteiger partial charge in [-0.25, -0.2) is 9.97 Å². The van der Waals surface area contributed by atoms with Crippen LogP contribution >= 0.6 is 46.2 Å². The van der Waals surface area contributed by atoms with Gasteiger partial charge in [0, 0.05) is 11.5 Å². The Hall–Kier alpha value is -1.08. The van der Waals surface area contributed by atoms with E-state index in [1.165, 1.54) is 55.3 Å². The zero-order valence-electron chi connectivity index (χ0n) is 14.4. The maximum absolute atomic E-state index is 4.68. The molecule has 0 fully saturated rings. The molecule has 0 atom stereocenters. The van der Waals surface area contributed by atoms with E-state index in [0.29, 0.717) is 0 Å². The first-order chi connectivity index (χ1) is 12.9. The summed E-state index contributed by atoms with van der Waals surface area (Å²) < 4.78 is 5.00. The molecule has 0 radical (unpaired) electrons. The molecule has 0 N–H and O–H groups in total. The van der Waals surface area contributed by atoms with Crippen molar-refractivity contribution >= 4 is 66.6 Å². The fourth-order valence-corrected chi connectivity index (χ4v) is 6.98. The van der Waals surface area contributed by atoms with E-state index in [1.807, 2.05) is 46.2 Å². The van der Waals surface area contributed by atoms with E-state index in [1.54, 1.807) is 0 Å². The van der Waals surface area contributed by atoms with Gasteiger partial charge in [-0.3, -0.25) is 0 Å². The van der Waals surface area contributed by atoms with Crippen LogP contribution in [0.5, 0.6) is 0 Å². The van der Waals surface area contributed by atoms with Crippen molar-refractivity contribution < 1.29 is 0 Å². The highest BCUT2D eigenvalue weighted by atomic mass is 32.2. The van der Waals surface area contributed by atoms with E-state index in [2.05, 4.69) is 58.5 Å². The van der Waals surface area contributed by atoms with Crippen LogP contribution in [0, 0.1) is 0 Å². The lowest BCUT2D eigenvalue weighted by atomic mass is 10.2. The Morgan fingerprint density at radius 1 is 0.615 bits per heavy atom. The van der Waals surface area contributed by atoms with Crippen LogP contribution in [-0.4, -0.2) is 21.5 Å². The number of unbranched alkanes of at least 4 members (excludes halogenated alkanes) is 3. The second kappa shape index (κ2) is 9.22. The lowest BCUT2D eigenvalue weighted by Crippen LogP contribution is -1.84. The van der Waals surface area contributed by atoms with Crippen LogP contribution in [0.4, 0.5) is 0 Å². The lowest BCUT2D eigenvalue weighted by molar-refractivity contribution is 0.711. The van der Waals surface area contributed by atoms with Crippen molar-refractivity contribution in [2.75, 3.05) is 11.5 Å². The first-order valence-electron chi connectivity index (χ1n) is 8.85. The van der Waals surface area contributed by atoms with E-state index < -0.39 is 0 Å². The number of hydrogen-bond donors (Lipinski definition) is 0. The van der Waals surface area contributed by atoms with Gasteiger partial charge in [-0.15, -0.1) is 22.7 Å².